The third-order valence-electron chi connectivity index (χ3n) is 3.71. The number of hydrogen-bond acceptors (Lipinski definition) is 3. The summed E-state index contributed by atoms with van der Waals surface area (Å²) >= 11 is 0. The number of aromatic nitrogens is 2. The molecule has 1 aromatic carbocycles. The molecule has 0 bridgehead atoms. The Morgan fingerprint density at radius 1 is 1.39 bits per heavy atom. The summed E-state index contributed by atoms with van der Waals surface area (Å²) in [6.45, 7) is 0.461. The summed E-state index contributed by atoms with van der Waals surface area (Å²) < 4.78 is 48.4. The zero-order chi connectivity index (χ0) is 16.6. The second-order valence-corrected chi connectivity index (χ2v) is 5.22. The zero-order valence-corrected chi connectivity index (χ0v) is 11.9. The van der Waals surface area contributed by atoms with Gasteiger partial charge < -0.3 is 9.84 Å². The lowest BCUT2D eigenvalue weighted by atomic mass is 10.1. The minimum atomic E-state index is -1.81. The molecule has 1 unspecified atom stereocenters. The number of rotatable bonds is 3. The summed E-state index contributed by atoms with van der Waals surface area (Å²) in [4.78, 5) is 10.5. The number of carbonyl (C=O) groups is 1. The largest absolute Gasteiger partial charge is 0.476 e. The molecule has 1 aliphatic rings. The molecule has 0 spiro atoms. The van der Waals surface area contributed by atoms with E-state index in [1.165, 1.54) is 6.07 Å². The molecular formula is C15H13F3N2O3. The topological polar surface area (TPSA) is 64.3 Å². The van der Waals surface area contributed by atoms with Crippen molar-refractivity contribution < 1.29 is 27.8 Å². The van der Waals surface area contributed by atoms with E-state index in [0.717, 1.165) is 23.6 Å². The number of ether oxygens (including phenoxy) is 1. The predicted octanol–water partition coefficient (Wildman–Crippen LogP) is 3.41. The molecule has 122 valence electrons. The number of carboxylic acid groups (broad SMARTS) is 1. The minimum Gasteiger partial charge on any atom is -0.476 e. The Kier molecular flexibility index (Phi) is 4.08. The van der Waals surface area contributed by atoms with Gasteiger partial charge in [-0.1, -0.05) is 6.07 Å². The van der Waals surface area contributed by atoms with Gasteiger partial charge in [-0.3, -0.25) is 0 Å². The highest BCUT2D eigenvalue weighted by Gasteiger charge is 2.24. The molecule has 0 saturated carbocycles. The summed E-state index contributed by atoms with van der Waals surface area (Å²) in [5.74, 6) is -5.12. The van der Waals surface area contributed by atoms with E-state index in [0.29, 0.717) is 19.1 Å². The molecule has 3 rings (SSSR count). The molecule has 1 saturated heterocycles. The van der Waals surface area contributed by atoms with Crippen LogP contribution >= 0.6 is 0 Å². The van der Waals surface area contributed by atoms with Crippen LogP contribution < -0.4 is 0 Å². The van der Waals surface area contributed by atoms with E-state index in [1.807, 2.05) is 0 Å². The maximum atomic E-state index is 14.6. The molecule has 1 N–H and O–H groups in total. The van der Waals surface area contributed by atoms with Crippen molar-refractivity contribution in [3.63, 3.8) is 0 Å². The number of benzene rings is 1. The van der Waals surface area contributed by atoms with Crippen LogP contribution in [0.3, 0.4) is 0 Å². The number of halogens is 3. The fraction of sp³-hybridized carbons (Fsp3) is 0.333. The van der Waals surface area contributed by atoms with Crippen LogP contribution in [0.15, 0.2) is 18.0 Å². The first-order valence-corrected chi connectivity index (χ1v) is 7.07. The SMILES string of the molecule is O=C(O)/C(F)=C/c1ccc2c(F)nn(C3CCCCO3)c2c1F. The van der Waals surface area contributed by atoms with E-state index in [4.69, 9.17) is 9.84 Å². The monoisotopic (exact) mass is 326 g/mol. The van der Waals surface area contributed by atoms with E-state index in [-0.39, 0.29) is 16.5 Å². The molecule has 0 amide bonds. The summed E-state index contributed by atoms with van der Waals surface area (Å²) in [6, 6.07) is 2.35. The highest BCUT2D eigenvalue weighted by atomic mass is 19.1. The van der Waals surface area contributed by atoms with Crippen molar-refractivity contribution in [1.82, 2.24) is 9.78 Å². The van der Waals surface area contributed by atoms with Crippen LogP contribution in [0.5, 0.6) is 0 Å². The molecule has 2 heterocycles. The summed E-state index contributed by atoms with van der Waals surface area (Å²) in [5, 5.41) is 12.2. The molecular weight excluding hydrogens is 313 g/mol. The van der Waals surface area contributed by atoms with Crippen molar-refractivity contribution >= 4 is 22.9 Å². The van der Waals surface area contributed by atoms with E-state index < -0.39 is 29.8 Å². The number of nitrogens with zero attached hydrogens (tertiary/aromatic N) is 2. The Bertz CT molecular complexity index is 795. The normalized spacial score (nSPS) is 19.3. The number of hydrogen-bond donors (Lipinski definition) is 1. The van der Waals surface area contributed by atoms with E-state index in [1.54, 1.807) is 0 Å². The Hall–Kier alpha value is -2.35. The molecule has 1 aromatic heterocycles. The van der Waals surface area contributed by atoms with Crippen LogP contribution in [-0.2, 0) is 9.53 Å². The van der Waals surface area contributed by atoms with Crippen LogP contribution in [-0.4, -0.2) is 27.5 Å². The van der Waals surface area contributed by atoms with Gasteiger partial charge in [-0.05, 0) is 31.4 Å². The first kappa shape index (κ1) is 15.5. The zero-order valence-electron chi connectivity index (χ0n) is 11.9. The van der Waals surface area contributed by atoms with Gasteiger partial charge in [-0.2, -0.15) is 8.78 Å². The first-order valence-electron chi connectivity index (χ1n) is 7.07. The van der Waals surface area contributed by atoms with Gasteiger partial charge in [0.25, 0.3) is 0 Å². The van der Waals surface area contributed by atoms with Gasteiger partial charge in [-0.25, -0.2) is 13.9 Å². The van der Waals surface area contributed by atoms with Crippen molar-refractivity contribution in [3.05, 3.63) is 35.3 Å². The number of carboxylic acids is 1. The summed E-state index contributed by atoms with van der Waals surface area (Å²) in [7, 11) is 0. The molecule has 0 radical (unpaired) electrons. The van der Waals surface area contributed by atoms with E-state index >= 15 is 0 Å². The predicted molar refractivity (Wildman–Crippen MR) is 75.2 cm³/mol. The van der Waals surface area contributed by atoms with Crippen molar-refractivity contribution in [2.24, 2.45) is 0 Å². The highest BCUT2D eigenvalue weighted by Crippen LogP contribution is 2.31. The van der Waals surface area contributed by atoms with Gasteiger partial charge in [0, 0.05) is 12.2 Å². The van der Waals surface area contributed by atoms with Crippen molar-refractivity contribution in [1.29, 1.82) is 0 Å². The lowest BCUT2D eigenvalue weighted by Gasteiger charge is -2.23. The number of aliphatic carboxylic acids is 1. The molecule has 1 fully saturated rings. The van der Waals surface area contributed by atoms with Gasteiger partial charge in [-0.15, -0.1) is 5.10 Å². The Morgan fingerprint density at radius 2 is 2.17 bits per heavy atom. The quantitative estimate of drug-likeness (QED) is 0.878. The number of fused-ring (bicyclic) bond motifs is 1. The van der Waals surface area contributed by atoms with Gasteiger partial charge in [0.1, 0.15) is 5.52 Å². The van der Waals surface area contributed by atoms with Crippen molar-refractivity contribution in [2.45, 2.75) is 25.5 Å². The van der Waals surface area contributed by atoms with Crippen LogP contribution in [0, 0.1) is 11.8 Å². The molecule has 5 nitrogen and oxygen atoms in total. The van der Waals surface area contributed by atoms with E-state index in [2.05, 4.69) is 5.10 Å². The average Bonchev–Trinajstić information content (AvgIpc) is 2.88. The Morgan fingerprint density at radius 3 is 2.83 bits per heavy atom. The van der Waals surface area contributed by atoms with Crippen molar-refractivity contribution in [2.75, 3.05) is 6.61 Å². The minimum absolute atomic E-state index is 0.0652. The molecule has 0 aliphatic carbocycles. The second kappa shape index (κ2) is 6.04. The standard InChI is InChI=1S/C15H13F3N2O3/c16-10(15(21)22)7-8-4-5-9-13(12(8)17)20(19-14(9)18)11-3-1-2-6-23-11/h4-5,7,11H,1-3,6H2,(H,21,22)/b10-7-. The maximum Gasteiger partial charge on any atom is 0.364 e. The van der Waals surface area contributed by atoms with Gasteiger partial charge >= 0.3 is 5.97 Å². The van der Waals surface area contributed by atoms with Gasteiger partial charge in [0.15, 0.2) is 12.0 Å². The molecule has 1 aliphatic heterocycles. The summed E-state index contributed by atoms with van der Waals surface area (Å²) in [5.41, 5.74) is -0.462. The molecule has 8 heteroatoms. The van der Waals surface area contributed by atoms with Crippen LogP contribution in [0.4, 0.5) is 13.2 Å². The average molecular weight is 326 g/mol. The molecule has 1 atom stereocenters. The Labute approximate surface area is 129 Å². The molecule has 2 aromatic rings. The Balaban J connectivity index is 2.15. The van der Waals surface area contributed by atoms with Crippen LogP contribution in [0.1, 0.15) is 31.1 Å². The summed E-state index contributed by atoms with van der Waals surface area (Å²) in [6.07, 6.45) is 2.20. The highest BCUT2D eigenvalue weighted by molar-refractivity contribution is 5.91. The van der Waals surface area contributed by atoms with Crippen molar-refractivity contribution in [3.8, 4) is 0 Å². The lowest BCUT2D eigenvalue weighted by molar-refractivity contribution is -0.134. The lowest BCUT2D eigenvalue weighted by Crippen LogP contribution is -2.19. The van der Waals surface area contributed by atoms with Crippen LogP contribution in [0.2, 0.25) is 0 Å². The molecule has 23 heavy (non-hydrogen) atoms. The second-order valence-electron chi connectivity index (χ2n) is 5.22. The first-order chi connectivity index (χ1) is 11.0. The van der Waals surface area contributed by atoms with Crippen LogP contribution in [0.25, 0.3) is 17.0 Å². The fourth-order valence-corrected chi connectivity index (χ4v) is 2.60. The third-order valence-corrected chi connectivity index (χ3v) is 3.71. The van der Waals surface area contributed by atoms with E-state index in [9.17, 15) is 18.0 Å². The van der Waals surface area contributed by atoms with Gasteiger partial charge in [0.2, 0.25) is 11.8 Å². The fourth-order valence-electron chi connectivity index (χ4n) is 2.60. The third kappa shape index (κ3) is 2.81. The van der Waals surface area contributed by atoms with Gasteiger partial charge in [0.05, 0.1) is 5.39 Å². The smallest absolute Gasteiger partial charge is 0.364 e. The maximum absolute atomic E-state index is 14.6.